The topological polar surface area (TPSA) is 63.6 Å². The van der Waals surface area contributed by atoms with Crippen LogP contribution in [0.25, 0.3) is 11.3 Å². The normalized spacial score (nSPS) is 11.2. The molecule has 1 N–H and O–H groups in total. The fraction of sp³-hybridized carbons (Fsp3) is 0.346. The van der Waals surface area contributed by atoms with Crippen molar-refractivity contribution in [2.75, 3.05) is 6.61 Å². The number of hydrogen-bond donors (Lipinski definition) is 1. The van der Waals surface area contributed by atoms with Crippen LogP contribution in [0.1, 0.15) is 66.4 Å². The van der Waals surface area contributed by atoms with Gasteiger partial charge in [-0.2, -0.15) is 5.10 Å². The van der Waals surface area contributed by atoms with Gasteiger partial charge in [-0.05, 0) is 75.0 Å². The predicted octanol–water partition coefficient (Wildman–Crippen LogP) is 8.15. The number of hydrogen-bond acceptors (Lipinski definition) is 5. The van der Waals surface area contributed by atoms with Gasteiger partial charge in [0, 0.05) is 16.5 Å². The van der Waals surface area contributed by atoms with E-state index in [0.29, 0.717) is 12.2 Å². The standard InChI is InChI=1S/C26H29Br2N3O2S/c1-3-4-5-6-7-8-13-33-25-22(27)14-19(15-23(25)28)16-29-31-26(32)21-11-9-20(10-12-21)24-17-34-18(2)30-24/h9-12,14-17H,3-8,13H2,1-2H3,(H,31,32)/b29-16+. The molecule has 0 fully saturated rings. The maximum Gasteiger partial charge on any atom is 0.271 e. The molecular weight excluding hydrogens is 578 g/mol. The first-order valence-corrected chi connectivity index (χ1v) is 13.9. The van der Waals surface area contributed by atoms with Crippen LogP contribution in [0.2, 0.25) is 0 Å². The van der Waals surface area contributed by atoms with Crippen molar-refractivity contribution in [3.8, 4) is 17.0 Å². The summed E-state index contributed by atoms with van der Waals surface area (Å²) in [4.78, 5) is 16.9. The lowest BCUT2D eigenvalue weighted by molar-refractivity contribution is 0.0955. The summed E-state index contributed by atoms with van der Waals surface area (Å²) >= 11 is 8.76. The third kappa shape index (κ3) is 8.03. The van der Waals surface area contributed by atoms with E-state index in [-0.39, 0.29) is 5.91 Å². The first kappa shape index (κ1) is 26.6. The van der Waals surface area contributed by atoms with Crippen LogP contribution in [-0.4, -0.2) is 23.7 Å². The highest BCUT2D eigenvalue weighted by atomic mass is 79.9. The maximum atomic E-state index is 12.4. The molecule has 1 aromatic heterocycles. The Morgan fingerprint density at radius 1 is 1.09 bits per heavy atom. The first-order valence-electron chi connectivity index (χ1n) is 11.5. The Morgan fingerprint density at radius 3 is 2.41 bits per heavy atom. The highest BCUT2D eigenvalue weighted by Gasteiger charge is 2.09. The molecule has 0 aliphatic rings. The molecule has 0 aliphatic carbocycles. The predicted molar refractivity (Wildman–Crippen MR) is 148 cm³/mol. The number of aryl methyl sites for hydroxylation is 1. The van der Waals surface area contributed by atoms with Gasteiger partial charge in [-0.15, -0.1) is 11.3 Å². The van der Waals surface area contributed by atoms with E-state index in [2.05, 4.69) is 54.3 Å². The van der Waals surface area contributed by atoms with Gasteiger partial charge >= 0.3 is 0 Å². The lowest BCUT2D eigenvalue weighted by Crippen LogP contribution is -2.17. The van der Waals surface area contributed by atoms with Gasteiger partial charge in [0.25, 0.3) is 5.91 Å². The molecule has 3 rings (SSSR count). The van der Waals surface area contributed by atoms with E-state index in [9.17, 15) is 4.79 Å². The minimum absolute atomic E-state index is 0.269. The van der Waals surface area contributed by atoms with Crippen molar-refractivity contribution < 1.29 is 9.53 Å². The zero-order valence-electron chi connectivity index (χ0n) is 19.4. The van der Waals surface area contributed by atoms with E-state index >= 15 is 0 Å². The van der Waals surface area contributed by atoms with Gasteiger partial charge in [-0.25, -0.2) is 10.4 Å². The summed E-state index contributed by atoms with van der Waals surface area (Å²) in [5.41, 5.74) is 5.86. The molecule has 0 saturated heterocycles. The zero-order chi connectivity index (χ0) is 24.3. The Kier molecular flexibility index (Phi) is 10.8. The molecule has 34 heavy (non-hydrogen) atoms. The number of nitrogens with zero attached hydrogens (tertiary/aromatic N) is 2. The molecule has 0 spiro atoms. The zero-order valence-corrected chi connectivity index (χ0v) is 23.4. The number of halogens is 2. The van der Waals surface area contributed by atoms with Gasteiger partial charge in [0.1, 0.15) is 5.75 Å². The summed E-state index contributed by atoms with van der Waals surface area (Å²) in [5, 5.41) is 7.13. The fourth-order valence-electron chi connectivity index (χ4n) is 3.37. The average Bonchev–Trinajstić information content (AvgIpc) is 3.26. The van der Waals surface area contributed by atoms with E-state index in [0.717, 1.165) is 42.9 Å². The Hall–Kier alpha value is -2.03. The van der Waals surface area contributed by atoms with Gasteiger partial charge in [0.05, 0.1) is 32.5 Å². The number of benzene rings is 2. The molecule has 0 atom stereocenters. The minimum atomic E-state index is -0.269. The third-order valence-corrected chi connectivity index (χ3v) is 7.16. The Bertz CT molecular complexity index is 1090. The second-order valence-corrected chi connectivity index (χ2v) is 10.7. The largest absolute Gasteiger partial charge is 0.491 e. The molecule has 5 nitrogen and oxygen atoms in total. The minimum Gasteiger partial charge on any atom is -0.491 e. The second-order valence-electron chi connectivity index (χ2n) is 7.96. The van der Waals surface area contributed by atoms with Crippen LogP contribution in [0.4, 0.5) is 0 Å². The Morgan fingerprint density at radius 2 is 1.76 bits per heavy atom. The van der Waals surface area contributed by atoms with Crippen LogP contribution in [0.15, 0.2) is 55.8 Å². The van der Waals surface area contributed by atoms with Crippen molar-refractivity contribution >= 4 is 55.3 Å². The molecule has 1 amide bonds. The van der Waals surface area contributed by atoms with Gasteiger partial charge in [-0.3, -0.25) is 4.79 Å². The number of ether oxygens (including phenoxy) is 1. The van der Waals surface area contributed by atoms with Crippen molar-refractivity contribution in [3.05, 3.63) is 66.9 Å². The summed E-state index contributed by atoms with van der Waals surface area (Å²) in [6.07, 6.45) is 8.96. The van der Waals surface area contributed by atoms with E-state index in [4.69, 9.17) is 4.74 Å². The van der Waals surface area contributed by atoms with Crippen LogP contribution in [-0.2, 0) is 0 Å². The van der Waals surface area contributed by atoms with Gasteiger partial charge < -0.3 is 4.74 Å². The van der Waals surface area contributed by atoms with E-state index in [1.54, 1.807) is 29.7 Å². The Balaban J connectivity index is 1.50. The van der Waals surface area contributed by atoms with Crippen LogP contribution < -0.4 is 10.2 Å². The molecular formula is C26H29Br2N3O2S. The van der Waals surface area contributed by atoms with Crippen molar-refractivity contribution in [1.82, 2.24) is 10.4 Å². The first-order chi connectivity index (χ1) is 16.5. The molecule has 0 radical (unpaired) electrons. The summed E-state index contributed by atoms with van der Waals surface area (Å²) < 4.78 is 7.64. The molecule has 1 heterocycles. The molecule has 0 unspecified atom stereocenters. The van der Waals surface area contributed by atoms with Crippen molar-refractivity contribution in [1.29, 1.82) is 0 Å². The molecule has 0 saturated carbocycles. The quantitative estimate of drug-likeness (QED) is 0.128. The highest BCUT2D eigenvalue weighted by Crippen LogP contribution is 2.34. The number of amides is 1. The van der Waals surface area contributed by atoms with Crippen LogP contribution in [0, 0.1) is 6.92 Å². The monoisotopic (exact) mass is 605 g/mol. The molecule has 180 valence electrons. The SMILES string of the molecule is CCCCCCCCOc1c(Br)cc(/C=N/NC(=O)c2ccc(-c3csc(C)n3)cc2)cc1Br. The molecule has 0 aliphatic heterocycles. The number of carbonyl (C=O) groups is 1. The summed E-state index contributed by atoms with van der Waals surface area (Å²) in [7, 11) is 0. The molecule has 2 aromatic carbocycles. The smallest absolute Gasteiger partial charge is 0.271 e. The van der Waals surface area contributed by atoms with Gasteiger partial charge in [-0.1, -0.05) is 51.2 Å². The fourth-order valence-corrected chi connectivity index (χ4v) is 5.44. The Labute approximate surface area is 222 Å². The third-order valence-electron chi connectivity index (χ3n) is 5.21. The van der Waals surface area contributed by atoms with Crippen LogP contribution >= 0.6 is 43.2 Å². The van der Waals surface area contributed by atoms with Crippen molar-refractivity contribution in [2.24, 2.45) is 5.10 Å². The van der Waals surface area contributed by atoms with Crippen LogP contribution in [0.3, 0.4) is 0 Å². The summed E-state index contributed by atoms with van der Waals surface area (Å²) in [5.74, 6) is 0.513. The van der Waals surface area contributed by atoms with Crippen molar-refractivity contribution in [2.45, 2.75) is 52.4 Å². The number of nitrogens with one attached hydrogen (secondary N) is 1. The number of carbonyl (C=O) groups excluding carboxylic acids is 1. The highest BCUT2D eigenvalue weighted by molar-refractivity contribution is 9.11. The summed E-state index contributed by atoms with van der Waals surface area (Å²) in [6, 6.07) is 11.2. The molecule has 0 bridgehead atoms. The number of aromatic nitrogens is 1. The van der Waals surface area contributed by atoms with E-state index < -0.39 is 0 Å². The van der Waals surface area contributed by atoms with E-state index in [1.807, 2.05) is 36.6 Å². The summed E-state index contributed by atoms with van der Waals surface area (Å²) in [6.45, 7) is 4.89. The maximum absolute atomic E-state index is 12.4. The van der Waals surface area contributed by atoms with E-state index in [1.165, 1.54) is 32.1 Å². The molecule has 3 aromatic rings. The lowest BCUT2D eigenvalue weighted by Gasteiger charge is -2.11. The number of hydrazone groups is 1. The second kappa shape index (κ2) is 13.8. The lowest BCUT2D eigenvalue weighted by atomic mass is 10.1. The number of rotatable bonds is 12. The van der Waals surface area contributed by atoms with Crippen LogP contribution in [0.5, 0.6) is 5.75 Å². The molecule has 8 heteroatoms. The van der Waals surface area contributed by atoms with Crippen molar-refractivity contribution in [3.63, 3.8) is 0 Å². The number of thiazole rings is 1. The van der Waals surface area contributed by atoms with Gasteiger partial charge in [0.2, 0.25) is 0 Å². The average molecular weight is 607 g/mol. The van der Waals surface area contributed by atoms with Gasteiger partial charge in [0.15, 0.2) is 0 Å². The number of unbranched alkanes of at least 4 members (excludes halogenated alkanes) is 5.